The molecule has 2 N–H and O–H groups in total. The van der Waals surface area contributed by atoms with Crippen molar-refractivity contribution in [2.45, 2.75) is 4.90 Å². The Morgan fingerprint density at radius 3 is 2.34 bits per heavy atom. The number of benzene rings is 2. The van der Waals surface area contributed by atoms with E-state index < -0.39 is 10.0 Å². The lowest BCUT2D eigenvalue weighted by molar-refractivity contribution is 0.386. The molecule has 0 bridgehead atoms. The summed E-state index contributed by atoms with van der Waals surface area (Å²) >= 11 is 0. The van der Waals surface area contributed by atoms with Gasteiger partial charge >= 0.3 is 0 Å². The van der Waals surface area contributed by atoms with E-state index in [-0.39, 0.29) is 10.6 Å². The van der Waals surface area contributed by atoms with Crippen LogP contribution in [0.25, 0.3) is 11.3 Å². The number of aromatic amines is 1. The summed E-state index contributed by atoms with van der Waals surface area (Å²) in [7, 11) is 0.509. The molecule has 10 heteroatoms. The molecule has 0 fully saturated rings. The number of methoxy groups -OCH3 is 3. The minimum Gasteiger partial charge on any atom is -0.497 e. The number of H-pyrrole nitrogens is 1. The van der Waals surface area contributed by atoms with Gasteiger partial charge in [-0.25, -0.2) is 0 Å². The summed E-state index contributed by atoms with van der Waals surface area (Å²) < 4.78 is 40.5. The first-order valence-corrected chi connectivity index (χ1v) is 9.91. The summed E-state index contributed by atoms with van der Waals surface area (Å²) in [6, 6.07) is 11.7. The molecule has 2 aromatic carbocycles. The van der Waals surface area contributed by atoms with Gasteiger partial charge in [-0.05, 0) is 36.4 Å². The minimum absolute atomic E-state index is 0.0551. The number of hydrazone groups is 1. The van der Waals surface area contributed by atoms with Crippen LogP contribution in [0.3, 0.4) is 0 Å². The quantitative estimate of drug-likeness (QED) is 0.430. The molecule has 1 aromatic heterocycles. The first-order chi connectivity index (χ1) is 14.0. The molecule has 152 valence electrons. The van der Waals surface area contributed by atoms with E-state index in [4.69, 9.17) is 14.2 Å². The van der Waals surface area contributed by atoms with Crippen molar-refractivity contribution in [2.75, 3.05) is 21.3 Å². The highest BCUT2D eigenvalue weighted by Gasteiger charge is 2.19. The zero-order valence-electron chi connectivity index (χ0n) is 16.0. The Labute approximate surface area is 168 Å². The fourth-order valence-electron chi connectivity index (χ4n) is 2.59. The molecular formula is C19H20N4O5S. The fraction of sp³-hybridized carbons (Fsp3) is 0.158. The number of ether oxygens (including phenoxy) is 3. The Morgan fingerprint density at radius 1 is 1.00 bits per heavy atom. The molecule has 0 amide bonds. The fourth-order valence-corrected chi connectivity index (χ4v) is 3.54. The van der Waals surface area contributed by atoms with Gasteiger partial charge in [-0.1, -0.05) is 0 Å². The van der Waals surface area contributed by atoms with E-state index in [0.717, 1.165) is 11.3 Å². The molecule has 0 saturated carbocycles. The second-order valence-corrected chi connectivity index (χ2v) is 7.43. The van der Waals surface area contributed by atoms with Gasteiger partial charge in [0.1, 0.15) is 22.1 Å². The highest BCUT2D eigenvalue weighted by Crippen LogP contribution is 2.28. The summed E-state index contributed by atoms with van der Waals surface area (Å²) in [5, 5.41) is 10.7. The average Bonchev–Trinajstić information content (AvgIpc) is 3.21. The highest BCUT2D eigenvalue weighted by molar-refractivity contribution is 7.89. The van der Waals surface area contributed by atoms with Crippen molar-refractivity contribution in [3.05, 3.63) is 54.2 Å². The highest BCUT2D eigenvalue weighted by atomic mass is 32.2. The van der Waals surface area contributed by atoms with E-state index in [1.54, 1.807) is 13.3 Å². The number of sulfonamides is 1. The molecular weight excluding hydrogens is 396 g/mol. The van der Waals surface area contributed by atoms with Gasteiger partial charge in [-0.2, -0.15) is 23.4 Å². The maximum atomic E-state index is 12.6. The third kappa shape index (κ3) is 4.49. The number of hydrogen-bond acceptors (Lipinski definition) is 7. The summed E-state index contributed by atoms with van der Waals surface area (Å²) in [6.45, 7) is 0. The second kappa shape index (κ2) is 8.65. The lowest BCUT2D eigenvalue weighted by Gasteiger charge is -2.10. The number of nitrogens with zero attached hydrogens (tertiary/aromatic N) is 2. The number of nitrogens with one attached hydrogen (secondary N) is 2. The predicted octanol–water partition coefficient (Wildman–Crippen LogP) is 2.41. The van der Waals surface area contributed by atoms with E-state index in [0.29, 0.717) is 17.0 Å². The molecule has 0 saturated heterocycles. The molecule has 0 aliphatic rings. The van der Waals surface area contributed by atoms with Gasteiger partial charge in [0.05, 0.1) is 39.4 Å². The van der Waals surface area contributed by atoms with Crippen LogP contribution in [0, 0.1) is 0 Å². The van der Waals surface area contributed by atoms with Crippen LogP contribution < -0.4 is 19.0 Å². The average molecular weight is 416 g/mol. The summed E-state index contributed by atoms with van der Waals surface area (Å²) in [6.07, 6.45) is 2.92. The van der Waals surface area contributed by atoms with Crippen molar-refractivity contribution in [1.29, 1.82) is 0 Å². The van der Waals surface area contributed by atoms with Crippen LogP contribution in [0.1, 0.15) is 5.56 Å². The van der Waals surface area contributed by atoms with Gasteiger partial charge in [0, 0.05) is 17.2 Å². The van der Waals surface area contributed by atoms with E-state index in [2.05, 4.69) is 20.1 Å². The van der Waals surface area contributed by atoms with E-state index in [1.165, 1.54) is 38.6 Å². The standard InChI is InChI=1S/C19H20N4O5S/c1-26-15-6-4-13(5-7-15)19-14(11-20-22-19)12-21-23-29(24,25)18-9-8-16(27-2)10-17(18)28-3/h4-12,23H,1-3H3,(H,20,22)/b21-12+. The lowest BCUT2D eigenvalue weighted by atomic mass is 10.1. The van der Waals surface area contributed by atoms with Gasteiger partial charge in [0.2, 0.25) is 0 Å². The van der Waals surface area contributed by atoms with E-state index in [1.807, 2.05) is 24.3 Å². The van der Waals surface area contributed by atoms with Gasteiger partial charge in [0.25, 0.3) is 10.0 Å². The topological polar surface area (TPSA) is 115 Å². The molecule has 3 aromatic rings. The van der Waals surface area contributed by atoms with Crippen molar-refractivity contribution < 1.29 is 22.6 Å². The van der Waals surface area contributed by atoms with Crippen LogP contribution in [0.4, 0.5) is 0 Å². The number of hydrogen-bond donors (Lipinski definition) is 2. The molecule has 0 aliphatic heterocycles. The largest absolute Gasteiger partial charge is 0.497 e. The Balaban J connectivity index is 1.80. The summed E-state index contributed by atoms with van der Waals surface area (Å²) in [4.78, 5) is 2.13. The molecule has 0 unspecified atom stereocenters. The smallest absolute Gasteiger partial charge is 0.280 e. The van der Waals surface area contributed by atoms with Crippen molar-refractivity contribution in [3.8, 4) is 28.5 Å². The zero-order valence-corrected chi connectivity index (χ0v) is 16.9. The van der Waals surface area contributed by atoms with Gasteiger partial charge in [-0.3, -0.25) is 5.10 Å². The normalized spacial score (nSPS) is 11.4. The maximum Gasteiger partial charge on any atom is 0.280 e. The van der Waals surface area contributed by atoms with Crippen LogP contribution >= 0.6 is 0 Å². The van der Waals surface area contributed by atoms with Crippen molar-refractivity contribution >= 4 is 16.2 Å². The van der Waals surface area contributed by atoms with Gasteiger partial charge in [-0.15, -0.1) is 0 Å². The summed E-state index contributed by atoms with van der Waals surface area (Å²) in [5.74, 6) is 1.35. The van der Waals surface area contributed by atoms with Crippen LogP contribution in [-0.4, -0.2) is 46.2 Å². The van der Waals surface area contributed by atoms with Crippen molar-refractivity contribution in [3.63, 3.8) is 0 Å². The van der Waals surface area contributed by atoms with Gasteiger partial charge < -0.3 is 14.2 Å². The Bertz CT molecular complexity index is 1110. The molecule has 0 atom stereocenters. The second-order valence-electron chi connectivity index (χ2n) is 5.80. The first kappa shape index (κ1) is 20.2. The van der Waals surface area contributed by atoms with E-state index >= 15 is 0 Å². The van der Waals surface area contributed by atoms with Crippen molar-refractivity contribution in [1.82, 2.24) is 15.0 Å². The Kier molecular flexibility index (Phi) is 6.03. The zero-order chi connectivity index (χ0) is 20.9. The van der Waals surface area contributed by atoms with Crippen LogP contribution in [-0.2, 0) is 10.0 Å². The summed E-state index contributed by atoms with van der Waals surface area (Å²) in [5.41, 5.74) is 2.15. The third-order valence-electron chi connectivity index (χ3n) is 4.08. The van der Waals surface area contributed by atoms with Crippen LogP contribution in [0.5, 0.6) is 17.2 Å². The SMILES string of the molecule is COc1ccc(-c2[nH]ncc2/C=N/NS(=O)(=O)c2ccc(OC)cc2OC)cc1. The molecule has 9 nitrogen and oxygen atoms in total. The van der Waals surface area contributed by atoms with Crippen molar-refractivity contribution in [2.24, 2.45) is 5.10 Å². The molecule has 29 heavy (non-hydrogen) atoms. The van der Waals surface area contributed by atoms with Crippen LogP contribution in [0.2, 0.25) is 0 Å². The molecule has 0 spiro atoms. The molecule has 3 rings (SSSR count). The Hall–Kier alpha value is -3.53. The predicted molar refractivity (Wildman–Crippen MR) is 108 cm³/mol. The number of aromatic nitrogens is 2. The van der Waals surface area contributed by atoms with Crippen LogP contribution in [0.15, 0.2) is 58.7 Å². The molecule has 0 aliphatic carbocycles. The maximum absolute atomic E-state index is 12.6. The van der Waals surface area contributed by atoms with E-state index in [9.17, 15) is 8.42 Å². The first-order valence-electron chi connectivity index (χ1n) is 8.43. The minimum atomic E-state index is -3.94. The number of rotatable bonds is 8. The van der Waals surface area contributed by atoms with Gasteiger partial charge in [0.15, 0.2) is 0 Å². The third-order valence-corrected chi connectivity index (χ3v) is 5.35. The molecule has 0 radical (unpaired) electrons. The Morgan fingerprint density at radius 2 is 1.69 bits per heavy atom. The molecule has 1 heterocycles. The lowest BCUT2D eigenvalue weighted by Crippen LogP contribution is -2.19. The monoisotopic (exact) mass is 416 g/mol.